The first kappa shape index (κ1) is 23.5. The van der Waals surface area contributed by atoms with Crippen LogP contribution < -0.4 is 20.1 Å². The molecule has 3 heterocycles. The van der Waals surface area contributed by atoms with Crippen molar-refractivity contribution in [2.24, 2.45) is 0 Å². The van der Waals surface area contributed by atoms with Crippen LogP contribution in [0.2, 0.25) is 0 Å². The fourth-order valence-electron chi connectivity index (χ4n) is 3.52. The van der Waals surface area contributed by atoms with Gasteiger partial charge >= 0.3 is 6.18 Å². The highest BCUT2D eigenvalue weighted by Crippen LogP contribution is 2.46. The highest BCUT2D eigenvalue weighted by Gasteiger charge is 2.48. The zero-order valence-corrected chi connectivity index (χ0v) is 20.3. The van der Waals surface area contributed by atoms with Gasteiger partial charge in [-0.25, -0.2) is 4.68 Å². The van der Waals surface area contributed by atoms with Crippen LogP contribution in [0.5, 0.6) is 11.5 Å². The van der Waals surface area contributed by atoms with E-state index in [1.165, 1.54) is 14.2 Å². The van der Waals surface area contributed by atoms with E-state index in [0.717, 1.165) is 4.68 Å². The molecule has 0 spiro atoms. The average Bonchev–Trinajstić information content (AvgIpc) is 3.36. The number of hydrogen-bond donors (Lipinski definition) is 2. The Balaban J connectivity index is 1.69. The molecule has 2 N–H and O–H groups in total. The lowest BCUT2D eigenvalue weighted by molar-refractivity contribution is -0.174. The Hall–Kier alpha value is -2.67. The van der Waals surface area contributed by atoms with Gasteiger partial charge in [0.2, 0.25) is 0 Å². The molecule has 3 aromatic rings. The van der Waals surface area contributed by atoms with Crippen LogP contribution in [0.4, 0.5) is 24.7 Å². The summed E-state index contributed by atoms with van der Waals surface area (Å²) in [6.07, 6.45) is -4.96. The number of fused-ring (bicyclic) bond motifs is 1. The molecule has 0 unspecified atom stereocenters. The van der Waals surface area contributed by atoms with E-state index in [1.807, 2.05) is 0 Å². The molecule has 4 rings (SSSR count). The summed E-state index contributed by atoms with van der Waals surface area (Å²) in [5.74, 6) is 0.457. The normalized spacial score (nSPS) is 17.8. The van der Waals surface area contributed by atoms with Gasteiger partial charge in [-0.15, -0.1) is 0 Å². The first-order chi connectivity index (χ1) is 15.6. The number of nitrogens with one attached hydrogen (secondary N) is 2. The quantitative estimate of drug-likeness (QED) is 0.381. The lowest BCUT2D eigenvalue weighted by Crippen LogP contribution is -2.35. The number of amides is 1. The number of carbonyl (C=O) groups excluding carboxylic acids is 1. The molecule has 1 amide bonds. The van der Waals surface area contributed by atoms with Gasteiger partial charge in [-0.3, -0.25) is 4.79 Å². The fraction of sp³-hybridized carbons (Fsp3) is 0.300. The topological polar surface area (TPSA) is 90.5 Å². The van der Waals surface area contributed by atoms with E-state index >= 15 is 0 Å². The molecule has 1 aliphatic rings. The molecule has 1 aromatic carbocycles. The molecule has 0 aliphatic carbocycles. The van der Waals surface area contributed by atoms with Gasteiger partial charge in [0.1, 0.15) is 23.1 Å². The average molecular weight is 594 g/mol. The Labute approximate surface area is 202 Å². The highest BCUT2D eigenvalue weighted by molar-refractivity contribution is 9.10. The number of anilines is 2. The molecule has 33 heavy (non-hydrogen) atoms. The zero-order valence-electron chi connectivity index (χ0n) is 17.2. The Morgan fingerprint density at radius 2 is 2.00 bits per heavy atom. The minimum Gasteiger partial charge on any atom is -0.497 e. The second-order valence-electron chi connectivity index (χ2n) is 7.11. The van der Waals surface area contributed by atoms with Crippen LogP contribution in [-0.2, 0) is 0 Å². The van der Waals surface area contributed by atoms with E-state index < -0.39 is 24.2 Å². The zero-order chi connectivity index (χ0) is 23.9. The SMILES string of the molecule is COc1ccc(NC(=O)c2nn3c(c2Br)N[C@H](c2ccc(Br)o2)C[C@H]3C(F)(F)F)c(OC)c1. The third kappa shape index (κ3) is 4.56. The predicted molar refractivity (Wildman–Crippen MR) is 120 cm³/mol. The van der Waals surface area contributed by atoms with E-state index in [1.54, 1.807) is 30.3 Å². The summed E-state index contributed by atoms with van der Waals surface area (Å²) in [6, 6.07) is 5.17. The van der Waals surface area contributed by atoms with E-state index in [9.17, 15) is 18.0 Å². The summed E-state index contributed by atoms with van der Waals surface area (Å²) >= 11 is 6.40. The van der Waals surface area contributed by atoms with E-state index in [4.69, 9.17) is 13.9 Å². The van der Waals surface area contributed by atoms with Crippen molar-refractivity contribution in [2.45, 2.75) is 24.7 Å². The van der Waals surface area contributed by atoms with Crippen molar-refractivity contribution in [1.29, 1.82) is 0 Å². The maximum atomic E-state index is 13.9. The molecule has 13 heteroatoms. The van der Waals surface area contributed by atoms with Crippen molar-refractivity contribution in [3.05, 3.63) is 50.9 Å². The fourth-order valence-corrected chi connectivity index (χ4v) is 4.39. The number of carbonyl (C=O) groups is 1. The Kier molecular flexibility index (Phi) is 6.36. The van der Waals surface area contributed by atoms with Crippen molar-refractivity contribution >= 4 is 49.3 Å². The van der Waals surface area contributed by atoms with Gasteiger partial charge in [0.05, 0.1) is 30.4 Å². The molecule has 0 radical (unpaired) electrons. The van der Waals surface area contributed by atoms with Crippen LogP contribution >= 0.6 is 31.9 Å². The van der Waals surface area contributed by atoms with Gasteiger partial charge in [-0.2, -0.15) is 18.3 Å². The van der Waals surface area contributed by atoms with E-state index in [2.05, 4.69) is 47.6 Å². The second-order valence-corrected chi connectivity index (χ2v) is 8.68. The Morgan fingerprint density at radius 3 is 2.61 bits per heavy atom. The Bertz CT molecular complexity index is 1190. The molecule has 0 bridgehead atoms. The summed E-state index contributed by atoms with van der Waals surface area (Å²) in [5.41, 5.74) is 0.0886. The summed E-state index contributed by atoms with van der Waals surface area (Å²) in [4.78, 5) is 12.9. The largest absolute Gasteiger partial charge is 0.497 e. The monoisotopic (exact) mass is 592 g/mol. The standard InChI is InChI=1S/C20H17Br2F3N4O4/c1-31-9-3-4-10(13(7-9)32-2)27-19(30)17-16(22)18-26-11(12-5-6-15(21)33-12)8-14(20(23,24)25)29(18)28-17/h3-7,11,14,26H,8H2,1-2H3,(H,27,30)/t11-,14-/m0/s1. The van der Waals surface area contributed by atoms with Crippen molar-refractivity contribution in [3.8, 4) is 11.5 Å². The van der Waals surface area contributed by atoms with Crippen LogP contribution in [0.15, 0.2) is 43.9 Å². The lowest BCUT2D eigenvalue weighted by atomic mass is 10.0. The van der Waals surface area contributed by atoms with Crippen molar-refractivity contribution in [2.75, 3.05) is 24.9 Å². The highest BCUT2D eigenvalue weighted by atomic mass is 79.9. The first-order valence-corrected chi connectivity index (χ1v) is 11.1. The molecular formula is C20H17Br2F3N4O4. The number of alkyl halides is 3. The summed E-state index contributed by atoms with van der Waals surface area (Å²) in [7, 11) is 2.90. The predicted octanol–water partition coefficient (Wildman–Crippen LogP) is 5.93. The van der Waals surface area contributed by atoms with Gasteiger partial charge in [-0.1, -0.05) is 0 Å². The third-order valence-corrected chi connectivity index (χ3v) is 6.28. The lowest BCUT2D eigenvalue weighted by Gasteiger charge is -2.32. The number of ether oxygens (including phenoxy) is 2. The van der Waals surface area contributed by atoms with Crippen LogP contribution in [0.1, 0.15) is 34.8 Å². The summed E-state index contributed by atoms with van der Waals surface area (Å²) in [6.45, 7) is 0. The van der Waals surface area contributed by atoms with Gasteiger partial charge < -0.3 is 24.5 Å². The number of nitrogens with zero attached hydrogens (tertiary/aromatic N) is 2. The molecule has 2 aromatic heterocycles. The number of furan rings is 1. The number of rotatable bonds is 5. The van der Waals surface area contributed by atoms with Crippen molar-refractivity contribution in [1.82, 2.24) is 9.78 Å². The molecule has 1 aliphatic heterocycles. The van der Waals surface area contributed by atoms with Crippen LogP contribution in [0, 0.1) is 0 Å². The van der Waals surface area contributed by atoms with Gasteiger partial charge in [0.25, 0.3) is 5.91 Å². The van der Waals surface area contributed by atoms with Gasteiger partial charge in [-0.05, 0) is 56.1 Å². The smallest absolute Gasteiger partial charge is 0.410 e. The minimum atomic E-state index is -4.60. The molecule has 2 atom stereocenters. The minimum absolute atomic E-state index is 0.0212. The Morgan fingerprint density at radius 1 is 1.24 bits per heavy atom. The summed E-state index contributed by atoms with van der Waals surface area (Å²) < 4.78 is 58.8. The van der Waals surface area contributed by atoms with Crippen LogP contribution in [0.25, 0.3) is 0 Å². The van der Waals surface area contributed by atoms with E-state index in [0.29, 0.717) is 27.6 Å². The number of hydrogen-bond acceptors (Lipinski definition) is 6. The molecular weight excluding hydrogens is 577 g/mol. The van der Waals surface area contributed by atoms with Gasteiger partial charge in [0, 0.05) is 12.5 Å². The molecule has 0 saturated carbocycles. The third-order valence-electron chi connectivity index (χ3n) is 5.11. The first-order valence-electron chi connectivity index (χ1n) is 9.52. The maximum Gasteiger partial charge on any atom is 0.410 e. The molecule has 176 valence electrons. The van der Waals surface area contributed by atoms with Crippen molar-refractivity contribution in [3.63, 3.8) is 0 Å². The molecule has 0 saturated heterocycles. The van der Waals surface area contributed by atoms with Crippen LogP contribution in [-0.4, -0.2) is 36.1 Å². The number of methoxy groups -OCH3 is 2. The summed E-state index contributed by atoms with van der Waals surface area (Å²) in [5, 5.41) is 9.60. The van der Waals surface area contributed by atoms with Gasteiger partial charge in [0.15, 0.2) is 16.4 Å². The molecule has 8 nitrogen and oxygen atoms in total. The number of halogens is 5. The maximum absolute atomic E-state index is 13.9. The molecule has 0 fully saturated rings. The van der Waals surface area contributed by atoms with Crippen LogP contribution in [0.3, 0.4) is 0 Å². The second kappa shape index (κ2) is 8.93. The van der Waals surface area contributed by atoms with E-state index in [-0.39, 0.29) is 22.4 Å². The van der Waals surface area contributed by atoms with Crippen molar-refractivity contribution < 1.29 is 31.9 Å². The number of aromatic nitrogens is 2. The number of benzene rings is 1.